The molecule has 76 valence electrons. The van der Waals surface area contributed by atoms with E-state index >= 15 is 0 Å². The van der Waals surface area contributed by atoms with Gasteiger partial charge in [-0.05, 0) is 25.7 Å². The van der Waals surface area contributed by atoms with Crippen molar-refractivity contribution < 1.29 is 0 Å². The number of rotatable bonds is 2. The number of fused-ring (bicyclic) bond motifs is 1. The van der Waals surface area contributed by atoms with Crippen molar-refractivity contribution in [2.75, 3.05) is 5.88 Å². The fourth-order valence-electron chi connectivity index (χ4n) is 1.88. The summed E-state index contributed by atoms with van der Waals surface area (Å²) in [7, 11) is 0. The third-order valence-electron chi connectivity index (χ3n) is 2.64. The summed E-state index contributed by atoms with van der Waals surface area (Å²) in [6.45, 7) is 0.556. The average Bonchev–Trinajstić information content (AvgIpc) is 2.23. The molecule has 0 bridgehead atoms. The number of halogens is 1. The van der Waals surface area contributed by atoms with Crippen molar-refractivity contribution in [3.8, 4) is 0 Å². The van der Waals surface area contributed by atoms with Gasteiger partial charge in [0.25, 0.3) is 5.56 Å². The first-order valence-electron chi connectivity index (χ1n) is 4.96. The molecule has 1 aromatic rings. The second-order valence-electron chi connectivity index (χ2n) is 3.56. The Morgan fingerprint density at radius 3 is 3.00 bits per heavy atom. The Morgan fingerprint density at radius 2 is 2.21 bits per heavy atom. The second-order valence-corrected chi connectivity index (χ2v) is 3.94. The van der Waals surface area contributed by atoms with Crippen molar-refractivity contribution >= 4 is 11.6 Å². The number of hydrogen-bond acceptors (Lipinski definition) is 2. The van der Waals surface area contributed by atoms with E-state index in [-0.39, 0.29) is 5.56 Å². The number of hydrogen-bond donors (Lipinski definition) is 0. The summed E-state index contributed by atoms with van der Waals surface area (Å²) >= 11 is 5.60. The average molecular weight is 213 g/mol. The number of alkyl halides is 1. The lowest BCUT2D eigenvalue weighted by atomic mass is 9.97. The van der Waals surface area contributed by atoms with Crippen LogP contribution in [0, 0.1) is 0 Å². The van der Waals surface area contributed by atoms with Crippen LogP contribution in [0.4, 0.5) is 0 Å². The largest absolute Gasteiger partial charge is 0.298 e. The Balaban J connectivity index is 2.44. The smallest absolute Gasteiger partial charge is 0.256 e. The topological polar surface area (TPSA) is 34.9 Å². The Hall–Kier alpha value is -0.830. The molecule has 14 heavy (non-hydrogen) atoms. The predicted molar refractivity (Wildman–Crippen MR) is 55.9 cm³/mol. The highest BCUT2D eigenvalue weighted by atomic mass is 35.5. The van der Waals surface area contributed by atoms with Crippen LogP contribution >= 0.6 is 11.6 Å². The highest BCUT2D eigenvalue weighted by Gasteiger charge is 2.14. The van der Waals surface area contributed by atoms with Gasteiger partial charge in [-0.3, -0.25) is 9.36 Å². The molecule has 0 saturated heterocycles. The molecule has 2 rings (SSSR count). The lowest BCUT2D eigenvalue weighted by Gasteiger charge is -2.15. The van der Waals surface area contributed by atoms with E-state index in [0.29, 0.717) is 12.4 Å². The van der Waals surface area contributed by atoms with Crippen LogP contribution in [0.5, 0.6) is 0 Å². The first-order valence-corrected chi connectivity index (χ1v) is 5.49. The lowest BCUT2D eigenvalue weighted by molar-refractivity contribution is 0.617. The Labute approximate surface area is 87.7 Å². The third kappa shape index (κ3) is 1.69. The van der Waals surface area contributed by atoms with Gasteiger partial charge < -0.3 is 0 Å². The van der Waals surface area contributed by atoms with Crippen molar-refractivity contribution in [2.24, 2.45) is 0 Å². The van der Waals surface area contributed by atoms with Gasteiger partial charge in [-0.2, -0.15) is 0 Å². The van der Waals surface area contributed by atoms with Crippen LogP contribution in [0.25, 0.3) is 0 Å². The summed E-state index contributed by atoms with van der Waals surface area (Å²) in [5.41, 5.74) is 2.01. The van der Waals surface area contributed by atoms with E-state index in [1.807, 2.05) is 0 Å². The highest BCUT2D eigenvalue weighted by Crippen LogP contribution is 2.14. The van der Waals surface area contributed by atoms with E-state index in [9.17, 15) is 4.79 Å². The van der Waals surface area contributed by atoms with Gasteiger partial charge in [-0.15, -0.1) is 11.6 Å². The molecule has 1 heterocycles. The minimum atomic E-state index is 0.107. The van der Waals surface area contributed by atoms with Crippen LogP contribution in [0.2, 0.25) is 0 Å². The van der Waals surface area contributed by atoms with E-state index in [0.717, 1.165) is 36.9 Å². The van der Waals surface area contributed by atoms with Gasteiger partial charge in [-0.25, -0.2) is 4.98 Å². The molecule has 0 amide bonds. The van der Waals surface area contributed by atoms with Gasteiger partial charge >= 0.3 is 0 Å². The van der Waals surface area contributed by atoms with Crippen LogP contribution in [0.15, 0.2) is 11.1 Å². The Bertz CT molecular complexity index is 386. The molecular weight excluding hydrogens is 200 g/mol. The number of aryl methyl sites for hydroxylation is 2. The van der Waals surface area contributed by atoms with Crippen LogP contribution in [0.1, 0.15) is 24.1 Å². The monoisotopic (exact) mass is 212 g/mol. The van der Waals surface area contributed by atoms with Crippen LogP contribution in [-0.2, 0) is 19.4 Å². The maximum atomic E-state index is 11.9. The summed E-state index contributed by atoms with van der Waals surface area (Å²) in [5, 5.41) is 0. The molecule has 1 aromatic heterocycles. The summed E-state index contributed by atoms with van der Waals surface area (Å²) in [6, 6.07) is 0. The number of aromatic nitrogens is 2. The molecule has 0 unspecified atom stereocenters. The zero-order valence-electron chi connectivity index (χ0n) is 8.00. The van der Waals surface area contributed by atoms with Crippen molar-refractivity contribution in [2.45, 2.75) is 32.2 Å². The lowest BCUT2D eigenvalue weighted by Crippen LogP contribution is -2.28. The molecule has 0 fully saturated rings. The highest BCUT2D eigenvalue weighted by molar-refractivity contribution is 6.17. The Kier molecular flexibility index (Phi) is 2.87. The standard InChI is InChI=1S/C10H13ClN2O/c11-5-6-13-7-12-9-4-2-1-3-8(9)10(13)14/h7H,1-6H2. The van der Waals surface area contributed by atoms with Gasteiger partial charge in [0.15, 0.2) is 0 Å². The molecule has 0 radical (unpaired) electrons. The minimum absolute atomic E-state index is 0.107. The Morgan fingerprint density at radius 1 is 1.43 bits per heavy atom. The fraction of sp³-hybridized carbons (Fsp3) is 0.600. The molecule has 0 saturated carbocycles. The minimum Gasteiger partial charge on any atom is -0.298 e. The van der Waals surface area contributed by atoms with E-state index in [1.165, 1.54) is 0 Å². The molecule has 3 nitrogen and oxygen atoms in total. The van der Waals surface area contributed by atoms with E-state index in [4.69, 9.17) is 11.6 Å². The summed E-state index contributed by atoms with van der Waals surface area (Å²) in [6.07, 6.45) is 5.71. The molecule has 4 heteroatoms. The molecular formula is C10H13ClN2O. The fourth-order valence-corrected chi connectivity index (χ4v) is 2.06. The summed E-state index contributed by atoms with van der Waals surface area (Å²) in [4.78, 5) is 16.2. The zero-order chi connectivity index (χ0) is 9.97. The van der Waals surface area contributed by atoms with Gasteiger partial charge in [0.05, 0.1) is 12.0 Å². The second kappa shape index (κ2) is 4.13. The number of nitrogens with zero attached hydrogens (tertiary/aromatic N) is 2. The molecule has 0 atom stereocenters. The molecule has 0 spiro atoms. The van der Waals surface area contributed by atoms with Crippen molar-refractivity contribution in [1.82, 2.24) is 9.55 Å². The van der Waals surface area contributed by atoms with E-state index in [1.54, 1.807) is 10.9 Å². The SMILES string of the molecule is O=c1c2c(ncn1CCCl)CCCC2. The van der Waals surface area contributed by atoms with Crippen molar-refractivity contribution in [1.29, 1.82) is 0 Å². The first-order chi connectivity index (χ1) is 6.83. The van der Waals surface area contributed by atoms with Crippen LogP contribution < -0.4 is 5.56 Å². The van der Waals surface area contributed by atoms with Gasteiger partial charge in [0, 0.05) is 18.0 Å². The first kappa shape index (κ1) is 9.71. The third-order valence-corrected chi connectivity index (χ3v) is 2.81. The molecule has 1 aliphatic rings. The van der Waals surface area contributed by atoms with Crippen LogP contribution in [0.3, 0.4) is 0 Å². The molecule has 0 aromatic carbocycles. The van der Waals surface area contributed by atoms with E-state index in [2.05, 4.69) is 4.98 Å². The van der Waals surface area contributed by atoms with Gasteiger partial charge in [-0.1, -0.05) is 0 Å². The maximum Gasteiger partial charge on any atom is 0.256 e. The summed E-state index contributed by atoms with van der Waals surface area (Å²) in [5.74, 6) is 0.459. The zero-order valence-corrected chi connectivity index (χ0v) is 8.76. The predicted octanol–water partition coefficient (Wildman–Crippen LogP) is 1.36. The summed E-state index contributed by atoms with van der Waals surface area (Å²) < 4.78 is 1.61. The molecule has 0 aliphatic heterocycles. The quantitative estimate of drug-likeness (QED) is 0.694. The van der Waals surface area contributed by atoms with Gasteiger partial charge in [0.1, 0.15) is 0 Å². The van der Waals surface area contributed by atoms with Gasteiger partial charge in [0.2, 0.25) is 0 Å². The van der Waals surface area contributed by atoms with Crippen molar-refractivity contribution in [3.05, 3.63) is 27.9 Å². The van der Waals surface area contributed by atoms with Crippen LogP contribution in [-0.4, -0.2) is 15.4 Å². The molecule has 1 aliphatic carbocycles. The molecule has 0 N–H and O–H groups in total. The van der Waals surface area contributed by atoms with Crippen molar-refractivity contribution in [3.63, 3.8) is 0 Å². The van der Waals surface area contributed by atoms with E-state index < -0.39 is 0 Å². The maximum absolute atomic E-state index is 11.9. The normalized spacial score (nSPS) is 15.2.